The van der Waals surface area contributed by atoms with Crippen LogP contribution in [0.1, 0.15) is 19.4 Å². The van der Waals surface area contributed by atoms with Crippen LogP contribution in [0.4, 0.5) is 0 Å². The van der Waals surface area contributed by atoms with Crippen molar-refractivity contribution >= 4 is 12.6 Å². The Morgan fingerprint density at radius 3 is 2.40 bits per heavy atom. The lowest BCUT2D eigenvalue weighted by atomic mass is 10.4. The molecule has 0 aliphatic carbocycles. The van der Waals surface area contributed by atoms with E-state index in [9.17, 15) is 0 Å². The van der Waals surface area contributed by atoms with Crippen LogP contribution < -0.4 is 0 Å². The third kappa shape index (κ3) is 2.92. The van der Waals surface area contributed by atoms with Gasteiger partial charge in [-0.25, -0.2) is 0 Å². The van der Waals surface area contributed by atoms with Crippen molar-refractivity contribution in [1.29, 1.82) is 0 Å². The molecule has 0 aliphatic rings. The highest BCUT2D eigenvalue weighted by Crippen LogP contribution is 1.98. The molecule has 0 spiro atoms. The van der Waals surface area contributed by atoms with E-state index >= 15 is 0 Å². The lowest BCUT2D eigenvalue weighted by Gasteiger charge is -1.81. The molecule has 0 atom stereocenters. The third-order valence-electron chi connectivity index (χ3n) is 0.941. The average molecular weight is 158 g/mol. The summed E-state index contributed by atoms with van der Waals surface area (Å²) in [6, 6.07) is 0. The molecule has 3 heteroatoms. The minimum Gasteiger partial charge on any atom is -0.276 e. The highest BCUT2D eigenvalue weighted by atomic mass is 32.1. The molecular weight excluding hydrogens is 144 g/mol. The van der Waals surface area contributed by atoms with Gasteiger partial charge in [-0.2, -0.15) is 17.7 Å². The maximum absolute atomic E-state index is 4.07. The molecule has 0 unspecified atom stereocenters. The Morgan fingerprint density at radius 2 is 2.20 bits per heavy atom. The zero-order chi connectivity index (χ0) is 7.98. The Balaban J connectivity index is 0.000000371. The molecule has 0 fully saturated rings. The summed E-state index contributed by atoms with van der Waals surface area (Å²) < 4.78 is 1.77. The first-order chi connectivity index (χ1) is 4.83. The monoisotopic (exact) mass is 158 g/mol. The second-order valence-corrected chi connectivity index (χ2v) is 2.00. The van der Waals surface area contributed by atoms with Crippen molar-refractivity contribution in [1.82, 2.24) is 9.78 Å². The van der Waals surface area contributed by atoms with Crippen LogP contribution in [0.3, 0.4) is 0 Å². The van der Waals surface area contributed by atoms with Gasteiger partial charge in [-0.3, -0.25) is 4.68 Å². The van der Waals surface area contributed by atoms with Gasteiger partial charge in [0.2, 0.25) is 0 Å². The molecule has 2 nitrogen and oxygen atoms in total. The molecular formula is C7H14N2S. The molecule has 1 aromatic rings. The predicted octanol–water partition coefficient (Wildman–Crippen LogP) is 1.88. The van der Waals surface area contributed by atoms with Crippen LogP contribution in [0.15, 0.2) is 12.4 Å². The molecule has 0 aliphatic heterocycles. The molecule has 0 bridgehead atoms. The maximum Gasteiger partial charge on any atom is 0.0529 e. The van der Waals surface area contributed by atoms with Gasteiger partial charge in [-0.15, -0.1) is 0 Å². The van der Waals surface area contributed by atoms with Crippen LogP contribution in [0.2, 0.25) is 0 Å². The van der Waals surface area contributed by atoms with Gasteiger partial charge in [-0.1, -0.05) is 13.8 Å². The van der Waals surface area contributed by atoms with E-state index in [0.29, 0.717) is 0 Å². The largest absolute Gasteiger partial charge is 0.276 e. The van der Waals surface area contributed by atoms with Crippen molar-refractivity contribution < 1.29 is 0 Å². The smallest absolute Gasteiger partial charge is 0.0529 e. The molecule has 0 saturated heterocycles. The van der Waals surface area contributed by atoms with E-state index in [4.69, 9.17) is 0 Å². The van der Waals surface area contributed by atoms with Gasteiger partial charge >= 0.3 is 0 Å². The van der Waals surface area contributed by atoms with Gasteiger partial charge in [0.05, 0.1) is 6.20 Å². The van der Waals surface area contributed by atoms with Gasteiger partial charge in [0.25, 0.3) is 0 Å². The summed E-state index contributed by atoms with van der Waals surface area (Å²) in [5, 5.41) is 3.96. The minimum atomic E-state index is 0.772. The standard InChI is InChI=1S/C5H8N2S.C2H6/c1-7-3-5(4-8)2-6-7;1-2/h2-3,8H,4H2,1H3;1-2H3. The first-order valence-corrected chi connectivity index (χ1v) is 4.04. The van der Waals surface area contributed by atoms with Crippen molar-refractivity contribution in [2.75, 3.05) is 0 Å². The summed E-state index contributed by atoms with van der Waals surface area (Å²) in [7, 11) is 1.90. The number of aryl methyl sites for hydroxylation is 1. The van der Waals surface area contributed by atoms with E-state index in [-0.39, 0.29) is 0 Å². The van der Waals surface area contributed by atoms with E-state index in [1.165, 1.54) is 0 Å². The van der Waals surface area contributed by atoms with Gasteiger partial charge in [0.1, 0.15) is 0 Å². The summed E-state index contributed by atoms with van der Waals surface area (Å²) >= 11 is 4.07. The summed E-state index contributed by atoms with van der Waals surface area (Å²) in [5.41, 5.74) is 1.16. The number of thiol groups is 1. The normalized spacial score (nSPS) is 8.40. The van der Waals surface area contributed by atoms with Crippen LogP contribution in [-0.4, -0.2) is 9.78 Å². The van der Waals surface area contributed by atoms with Crippen molar-refractivity contribution in [3.63, 3.8) is 0 Å². The van der Waals surface area contributed by atoms with Crippen molar-refractivity contribution in [2.24, 2.45) is 7.05 Å². The Labute approximate surface area is 67.7 Å². The Hall–Kier alpha value is -0.440. The number of hydrogen-bond donors (Lipinski definition) is 1. The Kier molecular flexibility index (Phi) is 5.12. The highest BCUT2D eigenvalue weighted by Gasteiger charge is 1.88. The summed E-state index contributed by atoms with van der Waals surface area (Å²) in [4.78, 5) is 0. The quantitative estimate of drug-likeness (QED) is 0.618. The van der Waals surface area contributed by atoms with E-state index < -0.39 is 0 Å². The zero-order valence-electron chi connectivity index (χ0n) is 6.70. The van der Waals surface area contributed by atoms with Gasteiger partial charge in [0, 0.05) is 19.0 Å². The van der Waals surface area contributed by atoms with Gasteiger partial charge < -0.3 is 0 Å². The van der Waals surface area contributed by atoms with Crippen LogP contribution in [0.5, 0.6) is 0 Å². The van der Waals surface area contributed by atoms with Crippen LogP contribution in [-0.2, 0) is 12.8 Å². The number of nitrogens with zero attached hydrogens (tertiary/aromatic N) is 2. The minimum absolute atomic E-state index is 0.772. The van der Waals surface area contributed by atoms with E-state index in [2.05, 4.69) is 17.7 Å². The first-order valence-electron chi connectivity index (χ1n) is 3.41. The fraction of sp³-hybridized carbons (Fsp3) is 0.571. The second-order valence-electron chi connectivity index (χ2n) is 1.68. The highest BCUT2D eigenvalue weighted by molar-refractivity contribution is 7.79. The number of aromatic nitrogens is 2. The van der Waals surface area contributed by atoms with Crippen molar-refractivity contribution in [2.45, 2.75) is 19.6 Å². The zero-order valence-corrected chi connectivity index (χ0v) is 7.60. The molecule has 1 heterocycles. The van der Waals surface area contributed by atoms with Crippen molar-refractivity contribution in [3.05, 3.63) is 18.0 Å². The fourth-order valence-electron chi connectivity index (χ4n) is 0.554. The topological polar surface area (TPSA) is 17.8 Å². The second kappa shape index (κ2) is 5.35. The molecule has 10 heavy (non-hydrogen) atoms. The van der Waals surface area contributed by atoms with Gasteiger partial charge in [0.15, 0.2) is 0 Å². The van der Waals surface area contributed by atoms with E-state index in [1.807, 2.05) is 33.3 Å². The van der Waals surface area contributed by atoms with Crippen LogP contribution in [0.25, 0.3) is 0 Å². The van der Waals surface area contributed by atoms with E-state index in [1.54, 1.807) is 4.68 Å². The number of hydrogen-bond acceptors (Lipinski definition) is 2. The summed E-state index contributed by atoms with van der Waals surface area (Å²) in [5.74, 6) is 0.772. The molecule has 0 radical (unpaired) electrons. The average Bonchev–Trinajstić information content (AvgIpc) is 2.40. The van der Waals surface area contributed by atoms with Crippen molar-refractivity contribution in [3.8, 4) is 0 Å². The molecule has 1 rings (SSSR count). The lowest BCUT2D eigenvalue weighted by Crippen LogP contribution is -1.84. The molecule has 0 amide bonds. The maximum atomic E-state index is 4.07. The summed E-state index contributed by atoms with van der Waals surface area (Å²) in [6.07, 6.45) is 3.76. The molecule has 0 saturated carbocycles. The summed E-state index contributed by atoms with van der Waals surface area (Å²) in [6.45, 7) is 4.00. The molecule has 1 aromatic heterocycles. The SMILES string of the molecule is CC.Cn1cc(CS)cn1. The van der Waals surface area contributed by atoms with E-state index in [0.717, 1.165) is 11.3 Å². The van der Waals surface area contributed by atoms with Crippen LogP contribution in [0, 0.1) is 0 Å². The molecule has 58 valence electrons. The Bertz CT molecular complexity index is 172. The third-order valence-corrected chi connectivity index (χ3v) is 1.31. The predicted molar refractivity (Wildman–Crippen MR) is 47.2 cm³/mol. The lowest BCUT2D eigenvalue weighted by molar-refractivity contribution is 0.767. The first kappa shape index (κ1) is 9.56. The fourth-order valence-corrected chi connectivity index (χ4v) is 0.717. The molecule has 0 N–H and O–H groups in total. The molecule has 0 aromatic carbocycles. The van der Waals surface area contributed by atoms with Crippen LogP contribution >= 0.6 is 12.6 Å². The van der Waals surface area contributed by atoms with Gasteiger partial charge in [-0.05, 0) is 5.56 Å². The Morgan fingerprint density at radius 1 is 1.60 bits per heavy atom. The number of rotatable bonds is 1.